The fourth-order valence-electron chi connectivity index (χ4n) is 3.08. The summed E-state index contributed by atoms with van der Waals surface area (Å²) < 4.78 is 11.0. The van der Waals surface area contributed by atoms with Crippen LogP contribution >= 0.6 is 11.3 Å². The molecule has 1 aromatic heterocycles. The normalized spacial score (nSPS) is 14.6. The Morgan fingerprint density at radius 1 is 1.17 bits per heavy atom. The minimum atomic E-state index is -0.828. The van der Waals surface area contributed by atoms with Crippen molar-refractivity contribution in [2.24, 2.45) is 0 Å². The van der Waals surface area contributed by atoms with Crippen LogP contribution in [-0.2, 0) is 38.6 Å². The Balaban J connectivity index is 1.77. The summed E-state index contributed by atoms with van der Waals surface area (Å²) in [7, 11) is 0. The molecule has 2 amide bonds. The number of nitrogens with one attached hydrogen (secondary N) is 2. The summed E-state index contributed by atoms with van der Waals surface area (Å²) in [4.78, 5) is 38.0. The minimum absolute atomic E-state index is 0.217. The molecule has 8 heteroatoms. The van der Waals surface area contributed by atoms with E-state index in [0.29, 0.717) is 23.6 Å². The number of benzene rings is 1. The van der Waals surface area contributed by atoms with Crippen molar-refractivity contribution in [3.63, 3.8) is 0 Å². The summed E-state index contributed by atoms with van der Waals surface area (Å²) >= 11 is 1.24. The number of fused-ring (bicyclic) bond motifs is 1. The number of hydrogen-bond donors (Lipinski definition) is 2. The molecule has 1 aliphatic heterocycles. The van der Waals surface area contributed by atoms with Crippen LogP contribution in [0.1, 0.15) is 47.1 Å². The predicted molar refractivity (Wildman–Crippen MR) is 110 cm³/mol. The monoisotopic (exact) mass is 416 g/mol. The number of rotatable bonds is 5. The topological polar surface area (TPSA) is 93.7 Å². The molecule has 0 bridgehead atoms. The Morgan fingerprint density at radius 2 is 1.90 bits per heavy atom. The summed E-state index contributed by atoms with van der Waals surface area (Å²) in [6.45, 7) is 6.40. The zero-order chi connectivity index (χ0) is 21.0. The largest absolute Gasteiger partial charge is 0.462 e. The van der Waals surface area contributed by atoms with E-state index >= 15 is 0 Å². The maximum Gasteiger partial charge on any atom is 0.341 e. The predicted octanol–water partition coefficient (Wildman–Crippen LogP) is 3.03. The Hall–Kier alpha value is -2.71. The fourth-order valence-corrected chi connectivity index (χ4v) is 4.19. The number of anilines is 1. The highest BCUT2D eigenvalue weighted by Gasteiger charge is 2.34. The average Bonchev–Trinajstić information content (AvgIpc) is 3.02. The van der Waals surface area contributed by atoms with Crippen molar-refractivity contribution < 1.29 is 23.9 Å². The molecule has 2 N–H and O–H groups in total. The quantitative estimate of drug-likeness (QED) is 0.577. The first kappa shape index (κ1) is 21.0. The third-order valence-electron chi connectivity index (χ3n) is 4.50. The van der Waals surface area contributed by atoms with E-state index in [2.05, 4.69) is 10.6 Å². The lowest BCUT2D eigenvalue weighted by molar-refractivity contribution is -0.136. The Bertz CT molecular complexity index is 921. The second kappa shape index (κ2) is 8.75. The molecule has 29 heavy (non-hydrogen) atoms. The number of amides is 2. The first-order valence-electron chi connectivity index (χ1n) is 9.39. The van der Waals surface area contributed by atoms with Crippen LogP contribution in [-0.4, -0.2) is 30.0 Å². The fraction of sp³-hybridized carbons (Fsp3) is 0.381. The molecule has 7 nitrogen and oxygen atoms in total. The number of ether oxygens (including phenoxy) is 2. The van der Waals surface area contributed by atoms with Gasteiger partial charge in [-0.2, -0.15) is 0 Å². The lowest BCUT2D eigenvalue weighted by Gasteiger charge is -2.30. The van der Waals surface area contributed by atoms with Crippen LogP contribution in [0.4, 0.5) is 5.00 Å². The average molecular weight is 416 g/mol. The molecule has 0 saturated carbocycles. The van der Waals surface area contributed by atoms with Gasteiger partial charge in [0.1, 0.15) is 5.00 Å². The molecule has 3 rings (SSSR count). The van der Waals surface area contributed by atoms with Crippen molar-refractivity contribution in [2.75, 3.05) is 11.9 Å². The van der Waals surface area contributed by atoms with Crippen LogP contribution in [0.5, 0.6) is 0 Å². The minimum Gasteiger partial charge on any atom is -0.462 e. The van der Waals surface area contributed by atoms with Crippen molar-refractivity contribution in [2.45, 2.75) is 45.9 Å². The van der Waals surface area contributed by atoms with E-state index < -0.39 is 23.4 Å². The van der Waals surface area contributed by atoms with Crippen LogP contribution in [0.2, 0.25) is 0 Å². The second-order valence-electron chi connectivity index (χ2n) is 7.28. The van der Waals surface area contributed by atoms with Gasteiger partial charge in [-0.1, -0.05) is 30.3 Å². The summed E-state index contributed by atoms with van der Waals surface area (Å²) in [5.74, 6) is -2.11. The zero-order valence-electron chi connectivity index (χ0n) is 16.7. The van der Waals surface area contributed by atoms with Crippen LogP contribution in [0.3, 0.4) is 0 Å². The third kappa shape index (κ3) is 5.02. The molecule has 1 aromatic carbocycles. The number of carbonyl (C=O) groups is 3. The summed E-state index contributed by atoms with van der Waals surface area (Å²) in [6, 6.07) is 9.29. The van der Waals surface area contributed by atoms with Gasteiger partial charge in [-0.05, 0) is 31.9 Å². The van der Waals surface area contributed by atoms with Gasteiger partial charge in [0.2, 0.25) is 0 Å². The van der Waals surface area contributed by atoms with Gasteiger partial charge < -0.3 is 20.1 Å². The number of hydrogen-bond acceptors (Lipinski definition) is 6. The summed E-state index contributed by atoms with van der Waals surface area (Å²) in [5.41, 5.74) is 1.58. The van der Waals surface area contributed by atoms with Crippen LogP contribution in [0.25, 0.3) is 0 Å². The van der Waals surface area contributed by atoms with E-state index in [-0.39, 0.29) is 13.2 Å². The second-order valence-corrected chi connectivity index (χ2v) is 8.38. The number of carbonyl (C=O) groups excluding carboxylic acids is 3. The maximum absolute atomic E-state index is 12.6. The van der Waals surface area contributed by atoms with Crippen LogP contribution in [0, 0.1) is 0 Å². The molecular weight excluding hydrogens is 392 g/mol. The number of esters is 1. The Labute approximate surface area is 173 Å². The molecule has 2 heterocycles. The molecule has 0 unspecified atom stereocenters. The highest BCUT2D eigenvalue weighted by molar-refractivity contribution is 7.17. The maximum atomic E-state index is 12.6. The van der Waals surface area contributed by atoms with Gasteiger partial charge in [-0.25, -0.2) is 4.79 Å². The van der Waals surface area contributed by atoms with Gasteiger partial charge in [-0.15, -0.1) is 11.3 Å². The number of thiophene rings is 1. The molecule has 1 aliphatic rings. The molecule has 2 aromatic rings. The van der Waals surface area contributed by atoms with E-state index in [1.807, 2.05) is 44.2 Å². The van der Waals surface area contributed by atoms with Crippen molar-refractivity contribution >= 4 is 34.1 Å². The van der Waals surface area contributed by atoms with Crippen molar-refractivity contribution in [3.8, 4) is 0 Å². The SMILES string of the molecule is CCOC(=O)c1c(NC(=O)C(=O)NCc2ccccc2)sc2c1CC(C)(C)OC2. The van der Waals surface area contributed by atoms with E-state index in [1.54, 1.807) is 6.92 Å². The van der Waals surface area contributed by atoms with Crippen molar-refractivity contribution in [1.29, 1.82) is 0 Å². The van der Waals surface area contributed by atoms with Gasteiger partial charge in [0.05, 0.1) is 24.4 Å². The van der Waals surface area contributed by atoms with Gasteiger partial charge in [0.25, 0.3) is 0 Å². The molecule has 0 saturated heterocycles. The van der Waals surface area contributed by atoms with Gasteiger partial charge in [0, 0.05) is 17.8 Å². The molecule has 0 fully saturated rings. The van der Waals surface area contributed by atoms with Crippen LogP contribution in [0.15, 0.2) is 30.3 Å². The molecular formula is C21H24N2O5S. The van der Waals surface area contributed by atoms with Crippen LogP contribution < -0.4 is 10.6 Å². The zero-order valence-corrected chi connectivity index (χ0v) is 17.5. The molecule has 0 spiro atoms. The van der Waals surface area contributed by atoms with Crippen molar-refractivity contribution in [3.05, 3.63) is 51.9 Å². The van der Waals surface area contributed by atoms with Gasteiger partial charge >= 0.3 is 17.8 Å². The highest BCUT2D eigenvalue weighted by Crippen LogP contribution is 2.40. The summed E-state index contributed by atoms with van der Waals surface area (Å²) in [6.07, 6.45) is 0.517. The summed E-state index contributed by atoms with van der Waals surface area (Å²) in [5, 5.41) is 5.48. The molecule has 0 radical (unpaired) electrons. The lowest BCUT2D eigenvalue weighted by Crippen LogP contribution is -2.35. The third-order valence-corrected chi connectivity index (χ3v) is 5.62. The molecule has 0 atom stereocenters. The molecule has 0 aliphatic carbocycles. The first-order chi connectivity index (χ1) is 13.8. The molecule has 154 valence electrons. The highest BCUT2D eigenvalue weighted by atomic mass is 32.1. The smallest absolute Gasteiger partial charge is 0.341 e. The standard InChI is InChI=1S/C21H24N2O5S/c1-4-27-20(26)16-14-10-21(2,3)28-12-15(14)29-19(16)23-18(25)17(24)22-11-13-8-6-5-7-9-13/h5-9H,4,10-12H2,1-3H3,(H,22,24)(H,23,25). The van der Waals surface area contributed by atoms with E-state index in [4.69, 9.17) is 9.47 Å². The van der Waals surface area contributed by atoms with Gasteiger partial charge in [-0.3, -0.25) is 9.59 Å². The van der Waals surface area contributed by atoms with E-state index in [0.717, 1.165) is 16.0 Å². The van der Waals surface area contributed by atoms with Gasteiger partial charge in [0.15, 0.2) is 0 Å². The van der Waals surface area contributed by atoms with E-state index in [1.165, 1.54) is 11.3 Å². The Morgan fingerprint density at radius 3 is 2.59 bits per heavy atom. The van der Waals surface area contributed by atoms with Crippen molar-refractivity contribution in [1.82, 2.24) is 5.32 Å². The first-order valence-corrected chi connectivity index (χ1v) is 10.2. The lowest BCUT2D eigenvalue weighted by atomic mass is 9.93. The van der Waals surface area contributed by atoms with E-state index in [9.17, 15) is 14.4 Å². The Kier molecular flexibility index (Phi) is 6.34.